The molecule has 178 valence electrons. The van der Waals surface area contributed by atoms with Crippen molar-refractivity contribution < 1.29 is 23.9 Å². The first-order chi connectivity index (χ1) is 16.5. The number of carbonyl (C=O) groups is 1. The van der Waals surface area contributed by atoms with Crippen molar-refractivity contribution in [1.29, 1.82) is 0 Å². The van der Waals surface area contributed by atoms with Gasteiger partial charge in [-0.3, -0.25) is 4.79 Å². The number of oxime groups is 1. The molecule has 1 aliphatic carbocycles. The van der Waals surface area contributed by atoms with Crippen LogP contribution in [-0.2, 0) is 22.5 Å². The number of aryl methyl sites for hydroxylation is 1. The van der Waals surface area contributed by atoms with Crippen LogP contribution in [0.5, 0.6) is 5.75 Å². The van der Waals surface area contributed by atoms with E-state index in [4.69, 9.17) is 14.0 Å². The Hall–Kier alpha value is -3.61. The van der Waals surface area contributed by atoms with Crippen molar-refractivity contribution in [2.45, 2.75) is 39.5 Å². The van der Waals surface area contributed by atoms with Crippen molar-refractivity contribution in [3.63, 3.8) is 0 Å². The van der Waals surface area contributed by atoms with Crippen LogP contribution < -0.4 is 4.74 Å². The maximum absolute atomic E-state index is 11.7. The predicted molar refractivity (Wildman–Crippen MR) is 129 cm³/mol. The van der Waals surface area contributed by atoms with Crippen LogP contribution in [0, 0.1) is 18.8 Å². The van der Waals surface area contributed by atoms with Crippen LogP contribution in [0.4, 0.5) is 0 Å². The van der Waals surface area contributed by atoms with Crippen molar-refractivity contribution in [1.82, 2.24) is 4.98 Å². The first kappa shape index (κ1) is 23.5. The summed E-state index contributed by atoms with van der Waals surface area (Å²) in [6.45, 7) is 4.64. The second-order valence-corrected chi connectivity index (χ2v) is 8.70. The molecule has 1 atom stereocenters. The van der Waals surface area contributed by atoms with Gasteiger partial charge in [-0.2, -0.15) is 0 Å². The lowest BCUT2D eigenvalue weighted by Gasteiger charge is -2.13. The summed E-state index contributed by atoms with van der Waals surface area (Å²) < 4.78 is 11.7. The van der Waals surface area contributed by atoms with Crippen LogP contribution in [-0.4, -0.2) is 35.0 Å². The highest BCUT2D eigenvalue weighted by molar-refractivity contribution is 6.00. The fraction of sp³-hybridized carbons (Fsp3) is 0.370. The molecule has 0 bridgehead atoms. The van der Waals surface area contributed by atoms with Crippen LogP contribution in [0.25, 0.3) is 11.5 Å². The molecule has 34 heavy (non-hydrogen) atoms. The first-order valence-electron chi connectivity index (χ1n) is 11.6. The van der Waals surface area contributed by atoms with Crippen molar-refractivity contribution in [3.8, 4) is 17.2 Å². The van der Waals surface area contributed by atoms with E-state index in [0.29, 0.717) is 43.6 Å². The van der Waals surface area contributed by atoms with Crippen LogP contribution in [0.15, 0.2) is 64.2 Å². The molecule has 4 rings (SSSR count). The van der Waals surface area contributed by atoms with Crippen LogP contribution in [0.1, 0.15) is 36.8 Å². The summed E-state index contributed by atoms with van der Waals surface area (Å²) in [6, 6.07) is 17.3. The van der Waals surface area contributed by atoms with E-state index in [1.165, 1.54) is 0 Å². The Balaban J connectivity index is 1.28. The lowest BCUT2D eigenvalue weighted by Crippen LogP contribution is -2.24. The van der Waals surface area contributed by atoms with Gasteiger partial charge in [0.15, 0.2) is 0 Å². The zero-order valence-corrected chi connectivity index (χ0v) is 19.6. The fourth-order valence-electron chi connectivity index (χ4n) is 3.59. The summed E-state index contributed by atoms with van der Waals surface area (Å²) in [5, 5.41) is 13.7. The molecule has 0 radical (unpaired) electrons. The predicted octanol–water partition coefficient (Wildman–Crippen LogP) is 5.32. The number of nitrogens with zero attached hydrogens (tertiary/aromatic N) is 2. The molecule has 3 aromatic rings. The van der Waals surface area contributed by atoms with E-state index < -0.39 is 11.9 Å². The molecular weight excluding hydrogens is 432 g/mol. The maximum atomic E-state index is 11.7. The summed E-state index contributed by atoms with van der Waals surface area (Å²) in [4.78, 5) is 21.7. The summed E-state index contributed by atoms with van der Waals surface area (Å²) in [7, 11) is 0. The summed E-state index contributed by atoms with van der Waals surface area (Å²) in [6.07, 6.45) is 3.30. The van der Waals surface area contributed by atoms with Gasteiger partial charge in [-0.25, -0.2) is 4.98 Å². The Kier molecular flexibility index (Phi) is 7.62. The largest absolute Gasteiger partial charge is 0.493 e. The Morgan fingerprint density at radius 3 is 2.59 bits per heavy atom. The number of aromatic nitrogens is 1. The van der Waals surface area contributed by atoms with E-state index in [1.807, 2.05) is 61.5 Å². The highest BCUT2D eigenvalue weighted by Gasteiger charge is 2.24. The molecule has 0 saturated heterocycles. The second-order valence-electron chi connectivity index (χ2n) is 8.70. The number of aliphatic carboxylic acids is 1. The zero-order chi connectivity index (χ0) is 23.9. The van der Waals surface area contributed by atoms with Crippen molar-refractivity contribution in [2.24, 2.45) is 17.0 Å². The summed E-state index contributed by atoms with van der Waals surface area (Å²) >= 11 is 0. The highest BCUT2D eigenvalue weighted by Crippen LogP contribution is 2.29. The monoisotopic (exact) mass is 462 g/mol. The molecule has 1 heterocycles. The molecule has 1 aromatic heterocycles. The average molecular weight is 463 g/mol. The number of carboxylic acids is 1. The maximum Gasteiger partial charge on any atom is 0.312 e. The molecule has 1 N–H and O–H groups in total. The molecule has 0 spiro atoms. The molecule has 0 amide bonds. The minimum absolute atomic E-state index is 0.345. The SMILES string of the molecule is C/C(=N\OCC1CC1)C(Cc1ccc(OCCc2nc(-c3ccccc3)oc2C)cc1)C(=O)O. The third-order valence-electron chi connectivity index (χ3n) is 5.90. The van der Waals surface area contributed by atoms with Crippen LogP contribution in [0.2, 0.25) is 0 Å². The number of carboxylic acid groups (broad SMARTS) is 1. The van der Waals surface area contributed by atoms with Gasteiger partial charge in [0, 0.05) is 12.0 Å². The molecular formula is C27H30N2O5. The molecule has 2 aromatic carbocycles. The highest BCUT2D eigenvalue weighted by atomic mass is 16.6. The van der Waals surface area contributed by atoms with E-state index >= 15 is 0 Å². The lowest BCUT2D eigenvalue weighted by molar-refractivity contribution is -0.139. The molecule has 0 aliphatic heterocycles. The van der Waals surface area contributed by atoms with Gasteiger partial charge in [0.25, 0.3) is 0 Å². The van der Waals surface area contributed by atoms with Crippen molar-refractivity contribution in [3.05, 3.63) is 71.6 Å². The summed E-state index contributed by atoms with van der Waals surface area (Å²) in [5.74, 6) is 1.07. The van der Waals surface area contributed by atoms with Gasteiger partial charge in [0.1, 0.15) is 24.0 Å². The third kappa shape index (κ3) is 6.47. The van der Waals surface area contributed by atoms with Gasteiger partial charge >= 0.3 is 5.97 Å². The Labute approximate surface area is 199 Å². The molecule has 7 nitrogen and oxygen atoms in total. The first-order valence-corrected chi connectivity index (χ1v) is 11.6. The Morgan fingerprint density at radius 2 is 1.91 bits per heavy atom. The topological polar surface area (TPSA) is 94.2 Å². The normalized spacial score (nSPS) is 14.6. The molecule has 1 fully saturated rings. The standard InChI is InChI=1S/C27H30N2O5/c1-18(29-33-17-21-8-9-21)24(27(30)31)16-20-10-12-23(13-11-20)32-15-14-25-19(2)34-26(28-25)22-6-4-3-5-7-22/h3-7,10-13,21,24H,8-9,14-17H2,1-2H3,(H,30,31)/b29-18+. The van der Waals surface area contributed by atoms with E-state index in [1.54, 1.807) is 6.92 Å². The van der Waals surface area contributed by atoms with Gasteiger partial charge in [0.2, 0.25) is 5.89 Å². The fourth-order valence-corrected chi connectivity index (χ4v) is 3.59. The minimum atomic E-state index is -0.908. The average Bonchev–Trinajstić information content (AvgIpc) is 3.59. The summed E-state index contributed by atoms with van der Waals surface area (Å²) in [5.41, 5.74) is 3.20. The third-order valence-corrected chi connectivity index (χ3v) is 5.90. The number of hydrogen-bond acceptors (Lipinski definition) is 6. The quantitative estimate of drug-likeness (QED) is 0.289. The molecule has 1 unspecified atom stereocenters. The number of rotatable bonds is 12. The van der Waals surface area contributed by atoms with Crippen molar-refractivity contribution in [2.75, 3.05) is 13.2 Å². The van der Waals surface area contributed by atoms with Crippen LogP contribution >= 0.6 is 0 Å². The number of ether oxygens (including phenoxy) is 1. The Bertz CT molecular complexity index is 1120. The van der Waals surface area contributed by atoms with E-state index in [-0.39, 0.29) is 0 Å². The second kappa shape index (κ2) is 11.0. The van der Waals surface area contributed by atoms with Crippen LogP contribution in [0.3, 0.4) is 0 Å². The zero-order valence-electron chi connectivity index (χ0n) is 19.6. The van der Waals surface area contributed by atoms with Gasteiger partial charge in [-0.05, 0) is 68.9 Å². The van der Waals surface area contributed by atoms with Gasteiger partial charge in [-0.1, -0.05) is 35.5 Å². The molecule has 1 saturated carbocycles. The van der Waals surface area contributed by atoms with Gasteiger partial charge < -0.3 is 19.1 Å². The van der Waals surface area contributed by atoms with Crippen molar-refractivity contribution >= 4 is 11.7 Å². The smallest absolute Gasteiger partial charge is 0.312 e. The van der Waals surface area contributed by atoms with Gasteiger partial charge in [0.05, 0.1) is 18.0 Å². The van der Waals surface area contributed by atoms with E-state index in [2.05, 4.69) is 10.1 Å². The number of hydrogen-bond donors (Lipinski definition) is 1. The Morgan fingerprint density at radius 1 is 1.18 bits per heavy atom. The lowest BCUT2D eigenvalue weighted by atomic mass is 9.95. The number of benzene rings is 2. The van der Waals surface area contributed by atoms with E-state index in [0.717, 1.165) is 41.2 Å². The molecule has 7 heteroatoms. The number of oxazole rings is 1. The van der Waals surface area contributed by atoms with Gasteiger partial charge in [-0.15, -0.1) is 0 Å². The molecule has 1 aliphatic rings. The minimum Gasteiger partial charge on any atom is -0.493 e. The van der Waals surface area contributed by atoms with E-state index in [9.17, 15) is 9.90 Å².